The van der Waals surface area contributed by atoms with Gasteiger partial charge in [0.1, 0.15) is 0 Å². The minimum Gasteiger partial charge on any atom is -0.291 e. The molecule has 1 saturated carbocycles. The Hall–Kier alpha value is -1.01. The molecule has 2 amide bonds. The summed E-state index contributed by atoms with van der Waals surface area (Å²) in [6.45, 7) is 1.95. The summed E-state index contributed by atoms with van der Waals surface area (Å²) in [5, 5.41) is 0. The van der Waals surface area contributed by atoms with Gasteiger partial charge in [0.2, 0.25) is 11.8 Å². The lowest BCUT2D eigenvalue weighted by atomic mass is 10.00. The van der Waals surface area contributed by atoms with Gasteiger partial charge < -0.3 is 0 Å². The third-order valence-corrected chi connectivity index (χ3v) is 5.78. The predicted octanol–water partition coefficient (Wildman–Crippen LogP) is 2.72. The first-order valence-electron chi connectivity index (χ1n) is 6.61. The van der Waals surface area contributed by atoms with Crippen LogP contribution in [0.2, 0.25) is 0 Å². The average molecular weight is 356 g/mol. The van der Waals surface area contributed by atoms with Gasteiger partial charge in [-0.1, -0.05) is 6.92 Å². The van der Waals surface area contributed by atoms with Gasteiger partial charge in [-0.25, -0.2) is 0 Å². The standard InChI is InChI=1S/C14H14BrNO3S/c1-7-4-8-9(5-7)14(19)16(13(8)18)6-10(17)11-2-3-12(15)20-11/h2-3,7-9H,4-6H2,1H3. The average Bonchev–Trinajstić information content (AvgIpc) is 3.04. The van der Waals surface area contributed by atoms with E-state index in [0.717, 1.165) is 21.5 Å². The van der Waals surface area contributed by atoms with Crippen molar-refractivity contribution in [3.05, 3.63) is 20.8 Å². The molecule has 0 spiro atoms. The molecule has 1 saturated heterocycles. The van der Waals surface area contributed by atoms with Crippen LogP contribution < -0.4 is 0 Å². The summed E-state index contributed by atoms with van der Waals surface area (Å²) in [5.74, 6) is -0.457. The Morgan fingerprint density at radius 3 is 2.40 bits per heavy atom. The molecule has 106 valence electrons. The highest BCUT2D eigenvalue weighted by Gasteiger charge is 2.51. The van der Waals surface area contributed by atoms with Crippen molar-refractivity contribution in [1.29, 1.82) is 0 Å². The summed E-state index contributed by atoms with van der Waals surface area (Å²) < 4.78 is 0.866. The monoisotopic (exact) mass is 355 g/mol. The van der Waals surface area contributed by atoms with Crippen LogP contribution in [0.15, 0.2) is 15.9 Å². The van der Waals surface area contributed by atoms with Crippen LogP contribution in [0.25, 0.3) is 0 Å². The summed E-state index contributed by atoms with van der Waals surface area (Å²) in [5.41, 5.74) is 0. The smallest absolute Gasteiger partial charge is 0.233 e. The molecule has 2 heterocycles. The number of amides is 2. The molecule has 4 nitrogen and oxygen atoms in total. The van der Waals surface area contributed by atoms with E-state index in [2.05, 4.69) is 22.9 Å². The maximum absolute atomic E-state index is 12.3. The molecular weight excluding hydrogens is 342 g/mol. The van der Waals surface area contributed by atoms with E-state index < -0.39 is 0 Å². The first-order valence-corrected chi connectivity index (χ1v) is 8.22. The fourth-order valence-electron chi connectivity index (χ4n) is 3.19. The first kappa shape index (κ1) is 13.9. The Kier molecular flexibility index (Phi) is 3.54. The number of imide groups is 1. The largest absolute Gasteiger partial charge is 0.291 e. The summed E-state index contributed by atoms with van der Waals surface area (Å²) in [6, 6.07) is 3.51. The number of Topliss-reactive ketones (excluding diaryl/α,β-unsaturated/α-hetero) is 1. The highest BCUT2D eigenvalue weighted by Crippen LogP contribution is 2.42. The predicted molar refractivity (Wildman–Crippen MR) is 78.4 cm³/mol. The third kappa shape index (κ3) is 2.24. The summed E-state index contributed by atoms with van der Waals surface area (Å²) >= 11 is 4.62. The third-order valence-electron chi connectivity index (χ3n) is 4.11. The van der Waals surface area contributed by atoms with Crippen LogP contribution >= 0.6 is 27.3 Å². The van der Waals surface area contributed by atoms with Gasteiger partial charge in [0.15, 0.2) is 5.78 Å². The van der Waals surface area contributed by atoms with Crippen molar-refractivity contribution in [3.63, 3.8) is 0 Å². The van der Waals surface area contributed by atoms with Crippen molar-refractivity contribution in [2.45, 2.75) is 19.8 Å². The molecule has 1 aliphatic heterocycles. The topological polar surface area (TPSA) is 54.5 Å². The fraction of sp³-hybridized carbons (Fsp3) is 0.500. The van der Waals surface area contributed by atoms with E-state index in [0.29, 0.717) is 10.8 Å². The number of hydrogen-bond donors (Lipinski definition) is 0. The molecular formula is C14H14BrNO3S. The van der Waals surface area contributed by atoms with Crippen molar-refractivity contribution in [3.8, 4) is 0 Å². The number of hydrogen-bond acceptors (Lipinski definition) is 4. The van der Waals surface area contributed by atoms with Crippen LogP contribution in [0.3, 0.4) is 0 Å². The van der Waals surface area contributed by atoms with Gasteiger partial charge in [-0.05, 0) is 46.8 Å². The van der Waals surface area contributed by atoms with E-state index in [4.69, 9.17) is 0 Å². The number of thiophene rings is 1. The Labute approximate surface area is 129 Å². The van der Waals surface area contributed by atoms with Crippen molar-refractivity contribution in [2.75, 3.05) is 6.54 Å². The fourth-order valence-corrected chi connectivity index (χ4v) is 4.50. The number of halogens is 1. The Bertz CT molecular complexity index is 573. The molecule has 1 aromatic heterocycles. The van der Waals surface area contributed by atoms with E-state index >= 15 is 0 Å². The number of carbonyl (C=O) groups excluding carboxylic acids is 3. The Morgan fingerprint density at radius 1 is 1.30 bits per heavy atom. The van der Waals surface area contributed by atoms with Crippen LogP contribution in [0.1, 0.15) is 29.4 Å². The van der Waals surface area contributed by atoms with Gasteiger partial charge >= 0.3 is 0 Å². The van der Waals surface area contributed by atoms with Crippen molar-refractivity contribution in [2.24, 2.45) is 17.8 Å². The van der Waals surface area contributed by atoms with Gasteiger partial charge in [0.05, 0.1) is 27.0 Å². The molecule has 20 heavy (non-hydrogen) atoms. The zero-order chi connectivity index (χ0) is 14.4. The lowest BCUT2D eigenvalue weighted by Gasteiger charge is -2.15. The van der Waals surface area contributed by atoms with Crippen LogP contribution in [0.5, 0.6) is 0 Å². The van der Waals surface area contributed by atoms with Gasteiger partial charge in [-0.3, -0.25) is 19.3 Å². The van der Waals surface area contributed by atoms with Gasteiger partial charge in [-0.15, -0.1) is 11.3 Å². The van der Waals surface area contributed by atoms with Crippen molar-refractivity contribution in [1.82, 2.24) is 4.90 Å². The van der Waals surface area contributed by atoms with Crippen molar-refractivity contribution >= 4 is 44.9 Å². The quantitative estimate of drug-likeness (QED) is 0.618. The number of fused-ring (bicyclic) bond motifs is 1. The number of nitrogens with zero attached hydrogens (tertiary/aromatic N) is 1. The molecule has 1 aromatic rings. The van der Waals surface area contributed by atoms with Gasteiger partial charge in [-0.2, -0.15) is 0 Å². The summed E-state index contributed by atoms with van der Waals surface area (Å²) in [4.78, 5) is 38.4. The molecule has 0 radical (unpaired) electrons. The minimum absolute atomic E-state index is 0.119. The number of likely N-dealkylation sites (tertiary alicyclic amines) is 1. The second-order valence-electron chi connectivity index (χ2n) is 5.58. The lowest BCUT2D eigenvalue weighted by molar-refractivity contribution is -0.139. The molecule has 6 heteroatoms. The lowest BCUT2D eigenvalue weighted by Crippen LogP contribution is -2.36. The Morgan fingerprint density at radius 2 is 1.90 bits per heavy atom. The van der Waals surface area contributed by atoms with E-state index in [1.54, 1.807) is 12.1 Å². The number of carbonyl (C=O) groups is 3. The van der Waals surface area contributed by atoms with E-state index in [1.807, 2.05) is 0 Å². The molecule has 0 aromatic carbocycles. The molecule has 2 fully saturated rings. The number of rotatable bonds is 3. The zero-order valence-electron chi connectivity index (χ0n) is 11.0. The second-order valence-corrected chi connectivity index (χ2v) is 8.04. The maximum atomic E-state index is 12.3. The molecule has 1 aliphatic carbocycles. The molecule has 2 unspecified atom stereocenters. The van der Waals surface area contributed by atoms with Crippen LogP contribution in [-0.2, 0) is 9.59 Å². The minimum atomic E-state index is -0.194. The highest BCUT2D eigenvalue weighted by molar-refractivity contribution is 9.11. The van der Waals surface area contributed by atoms with Crippen LogP contribution in [0.4, 0.5) is 0 Å². The molecule has 3 rings (SSSR count). The summed E-state index contributed by atoms with van der Waals surface area (Å²) in [7, 11) is 0. The van der Waals surface area contributed by atoms with Crippen molar-refractivity contribution < 1.29 is 14.4 Å². The maximum Gasteiger partial charge on any atom is 0.233 e. The molecule has 0 bridgehead atoms. The van der Waals surface area contributed by atoms with Crippen LogP contribution in [-0.4, -0.2) is 29.0 Å². The number of ketones is 1. The second kappa shape index (κ2) is 5.07. The van der Waals surface area contributed by atoms with Crippen LogP contribution in [0, 0.1) is 17.8 Å². The normalized spacial score (nSPS) is 29.1. The first-order chi connectivity index (χ1) is 9.47. The SMILES string of the molecule is CC1CC2C(=O)N(CC(=O)c3ccc(Br)s3)C(=O)C2C1. The molecule has 0 N–H and O–H groups in total. The molecule has 2 atom stereocenters. The highest BCUT2D eigenvalue weighted by atomic mass is 79.9. The van der Waals surface area contributed by atoms with Gasteiger partial charge in [0, 0.05) is 0 Å². The zero-order valence-corrected chi connectivity index (χ0v) is 13.4. The Balaban J connectivity index is 1.74. The van der Waals surface area contributed by atoms with E-state index in [-0.39, 0.29) is 36.0 Å². The van der Waals surface area contributed by atoms with Gasteiger partial charge in [0.25, 0.3) is 0 Å². The summed E-state index contributed by atoms with van der Waals surface area (Å²) in [6.07, 6.45) is 1.54. The van der Waals surface area contributed by atoms with E-state index in [9.17, 15) is 14.4 Å². The molecule has 2 aliphatic rings. The van der Waals surface area contributed by atoms with E-state index in [1.165, 1.54) is 11.3 Å².